The lowest BCUT2D eigenvalue weighted by Gasteiger charge is -2.19. The first-order valence-electron chi connectivity index (χ1n) is 5.54. The zero-order chi connectivity index (χ0) is 14.5. The van der Waals surface area contributed by atoms with Crippen molar-refractivity contribution in [2.24, 2.45) is 0 Å². The molecule has 6 heteroatoms. The molecule has 104 valence electrons. The minimum atomic E-state index is -4.40. The Morgan fingerprint density at radius 3 is 2.63 bits per heavy atom. The third kappa shape index (κ3) is 5.13. The third-order valence-electron chi connectivity index (χ3n) is 2.41. The largest absolute Gasteiger partial charge is 0.480 e. The van der Waals surface area contributed by atoms with Crippen LogP contribution in [-0.4, -0.2) is 29.1 Å². The smallest absolute Gasteiger partial charge is 0.416 e. The van der Waals surface area contributed by atoms with Crippen LogP contribution >= 0.6 is 0 Å². The zero-order valence-electron chi connectivity index (χ0n) is 10.2. The van der Waals surface area contributed by atoms with Gasteiger partial charge in [-0.1, -0.05) is 24.3 Å². The van der Waals surface area contributed by atoms with E-state index < -0.39 is 17.7 Å². The maximum absolute atomic E-state index is 12.5. The van der Waals surface area contributed by atoms with Crippen LogP contribution in [0.25, 0.3) is 0 Å². The second kappa shape index (κ2) is 6.38. The Morgan fingerprint density at radius 1 is 1.42 bits per heavy atom. The van der Waals surface area contributed by atoms with Gasteiger partial charge >= 0.3 is 12.1 Å². The van der Waals surface area contributed by atoms with E-state index in [1.54, 1.807) is 0 Å². The fraction of sp³-hybridized carbons (Fsp3) is 0.308. The highest BCUT2D eigenvalue weighted by Gasteiger charge is 2.30. The lowest BCUT2D eigenvalue weighted by atomic mass is 10.1. The molecule has 0 heterocycles. The van der Waals surface area contributed by atoms with Gasteiger partial charge in [-0.25, -0.2) is 0 Å². The highest BCUT2D eigenvalue weighted by Crippen LogP contribution is 2.29. The topological polar surface area (TPSA) is 40.5 Å². The van der Waals surface area contributed by atoms with Crippen molar-refractivity contribution >= 4 is 5.97 Å². The Labute approximate surface area is 109 Å². The maximum atomic E-state index is 12.5. The molecule has 19 heavy (non-hydrogen) atoms. The number of carboxylic acid groups (broad SMARTS) is 1. The molecule has 0 atom stereocenters. The molecule has 0 fully saturated rings. The highest BCUT2D eigenvalue weighted by atomic mass is 19.4. The Bertz CT molecular complexity index is 457. The number of halogens is 3. The number of hydrogen-bond acceptors (Lipinski definition) is 2. The zero-order valence-corrected chi connectivity index (χ0v) is 10.2. The average Bonchev–Trinajstić information content (AvgIpc) is 2.27. The summed E-state index contributed by atoms with van der Waals surface area (Å²) in [7, 11) is 0. The summed E-state index contributed by atoms with van der Waals surface area (Å²) in [6, 6.07) is 4.86. The fourth-order valence-corrected chi connectivity index (χ4v) is 1.66. The van der Waals surface area contributed by atoms with Crippen LogP contribution in [0.4, 0.5) is 13.2 Å². The van der Waals surface area contributed by atoms with Crippen LogP contribution in [0.2, 0.25) is 0 Å². The highest BCUT2D eigenvalue weighted by molar-refractivity contribution is 5.69. The Kier molecular flexibility index (Phi) is 5.11. The summed E-state index contributed by atoms with van der Waals surface area (Å²) in [5, 5.41) is 8.72. The first kappa shape index (κ1) is 15.2. The normalized spacial score (nSPS) is 11.6. The van der Waals surface area contributed by atoms with Gasteiger partial charge in [-0.05, 0) is 11.6 Å². The first-order valence-corrected chi connectivity index (χ1v) is 5.54. The van der Waals surface area contributed by atoms with E-state index in [9.17, 15) is 18.0 Å². The number of carboxylic acids is 1. The van der Waals surface area contributed by atoms with E-state index in [2.05, 4.69) is 6.58 Å². The summed E-state index contributed by atoms with van der Waals surface area (Å²) >= 11 is 0. The number of nitrogens with zero attached hydrogens (tertiary/aromatic N) is 1. The molecule has 0 aromatic heterocycles. The van der Waals surface area contributed by atoms with Gasteiger partial charge in [0.15, 0.2) is 0 Å². The molecule has 1 rings (SSSR count). The Morgan fingerprint density at radius 2 is 2.11 bits per heavy atom. The second-order valence-corrected chi connectivity index (χ2v) is 4.05. The van der Waals surface area contributed by atoms with E-state index in [4.69, 9.17) is 5.11 Å². The van der Waals surface area contributed by atoms with E-state index in [1.807, 2.05) is 0 Å². The van der Waals surface area contributed by atoms with E-state index in [0.29, 0.717) is 12.1 Å². The van der Waals surface area contributed by atoms with Gasteiger partial charge in [-0.15, -0.1) is 6.58 Å². The summed E-state index contributed by atoms with van der Waals surface area (Å²) in [4.78, 5) is 12.1. The van der Waals surface area contributed by atoms with Crippen LogP contribution in [0.1, 0.15) is 11.1 Å². The molecule has 0 aliphatic rings. The lowest BCUT2D eigenvalue weighted by molar-refractivity contribution is -0.139. The molecular weight excluding hydrogens is 259 g/mol. The predicted octanol–water partition coefficient (Wildman–Crippen LogP) is 2.78. The van der Waals surface area contributed by atoms with Gasteiger partial charge in [0.2, 0.25) is 0 Å². The monoisotopic (exact) mass is 273 g/mol. The van der Waals surface area contributed by atoms with Gasteiger partial charge in [-0.2, -0.15) is 13.2 Å². The Balaban J connectivity index is 2.84. The van der Waals surface area contributed by atoms with Crippen molar-refractivity contribution in [1.29, 1.82) is 0 Å². The quantitative estimate of drug-likeness (QED) is 0.810. The lowest BCUT2D eigenvalue weighted by Crippen LogP contribution is -2.29. The molecular formula is C13H14F3NO2. The van der Waals surface area contributed by atoms with Crippen molar-refractivity contribution in [2.75, 3.05) is 13.1 Å². The summed E-state index contributed by atoms with van der Waals surface area (Å²) in [5.74, 6) is -1.03. The van der Waals surface area contributed by atoms with Gasteiger partial charge in [0.05, 0.1) is 12.1 Å². The van der Waals surface area contributed by atoms with Crippen LogP contribution in [0.5, 0.6) is 0 Å². The van der Waals surface area contributed by atoms with Crippen molar-refractivity contribution in [1.82, 2.24) is 4.90 Å². The first-order chi connectivity index (χ1) is 8.82. The van der Waals surface area contributed by atoms with Crippen LogP contribution in [0.15, 0.2) is 36.9 Å². The molecule has 1 aromatic rings. The number of hydrogen-bond donors (Lipinski definition) is 1. The molecule has 0 saturated heterocycles. The SMILES string of the molecule is C=CCN(CC(=O)O)Cc1cccc(C(F)(F)F)c1. The molecule has 0 radical (unpaired) electrons. The number of aliphatic carboxylic acids is 1. The van der Waals surface area contributed by atoms with Crippen molar-refractivity contribution in [2.45, 2.75) is 12.7 Å². The van der Waals surface area contributed by atoms with Crippen molar-refractivity contribution in [3.63, 3.8) is 0 Å². The summed E-state index contributed by atoms with van der Waals surface area (Å²) in [6.07, 6.45) is -2.89. The van der Waals surface area contributed by atoms with Gasteiger partial charge in [-0.3, -0.25) is 9.69 Å². The van der Waals surface area contributed by atoms with Gasteiger partial charge in [0.25, 0.3) is 0 Å². The molecule has 0 bridgehead atoms. The van der Waals surface area contributed by atoms with Crippen LogP contribution in [-0.2, 0) is 17.5 Å². The Hall–Kier alpha value is -1.82. The summed E-state index contributed by atoms with van der Waals surface area (Å²) in [6.45, 7) is 3.67. The summed E-state index contributed by atoms with van der Waals surface area (Å²) < 4.78 is 37.6. The second-order valence-electron chi connectivity index (χ2n) is 4.05. The number of alkyl halides is 3. The van der Waals surface area contributed by atoms with Crippen LogP contribution < -0.4 is 0 Å². The molecule has 0 aliphatic carbocycles. The van der Waals surface area contributed by atoms with Gasteiger partial charge in [0.1, 0.15) is 0 Å². The van der Waals surface area contributed by atoms with Gasteiger partial charge < -0.3 is 5.11 Å². The number of rotatable bonds is 6. The minimum absolute atomic E-state index is 0.127. The van der Waals surface area contributed by atoms with Crippen molar-refractivity contribution in [3.8, 4) is 0 Å². The molecule has 0 amide bonds. The van der Waals surface area contributed by atoms with Gasteiger partial charge in [0, 0.05) is 13.1 Å². The average molecular weight is 273 g/mol. The molecule has 0 saturated carbocycles. The van der Waals surface area contributed by atoms with E-state index in [1.165, 1.54) is 23.1 Å². The number of carbonyl (C=O) groups is 1. The summed E-state index contributed by atoms with van der Waals surface area (Å²) in [5.41, 5.74) is -0.322. The van der Waals surface area contributed by atoms with E-state index >= 15 is 0 Å². The molecule has 0 spiro atoms. The van der Waals surface area contributed by atoms with E-state index in [0.717, 1.165) is 12.1 Å². The fourth-order valence-electron chi connectivity index (χ4n) is 1.66. The van der Waals surface area contributed by atoms with Crippen molar-refractivity contribution in [3.05, 3.63) is 48.0 Å². The predicted molar refractivity (Wildman–Crippen MR) is 64.6 cm³/mol. The van der Waals surface area contributed by atoms with Crippen LogP contribution in [0, 0.1) is 0 Å². The molecule has 0 aliphatic heterocycles. The third-order valence-corrected chi connectivity index (χ3v) is 2.41. The molecule has 1 aromatic carbocycles. The molecule has 1 N–H and O–H groups in total. The minimum Gasteiger partial charge on any atom is -0.480 e. The number of benzene rings is 1. The van der Waals surface area contributed by atoms with Crippen molar-refractivity contribution < 1.29 is 23.1 Å². The molecule has 3 nitrogen and oxygen atoms in total. The van der Waals surface area contributed by atoms with Crippen LogP contribution in [0.3, 0.4) is 0 Å². The molecule has 0 unspecified atom stereocenters. The maximum Gasteiger partial charge on any atom is 0.416 e. The standard InChI is InChI=1S/C13H14F3NO2/c1-2-6-17(9-12(18)19)8-10-4-3-5-11(7-10)13(14,15)16/h2-5,7H,1,6,8-9H2,(H,18,19). The van der Waals surface area contributed by atoms with E-state index in [-0.39, 0.29) is 13.1 Å².